The van der Waals surface area contributed by atoms with Crippen molar-refractivity contribution < 1.29 is 0 Å². The van der Waals surface area contributed by atoms with Crippen molar-refractivity contribution >= 4 is 11.5 Å². The fraction of sp³-hybridized carbons (Fsp3) is 0.500. The second-order valence-corrected chi connectivity index (χ2v) is 3.57. The molecule has 0 aromatic carbocycles. The van der Waals surface area contributed by atoms with E-state index in [0.29, 0.717) is 6.04 Å². The number of nitrogens with two attached hydrogens (primary N) is 1. The summed E-state index contributed by atoms with van der Waals surface area (Å²) in [7, 11) is 2.00. The molecule has 72 valence electrons. The Bertz CT molecular complexity index is 294. The monoisotopic (exact) mass is 179 g/mol. The molecule has 1 aromatic rings. The molecular weight excluding hydrogens is 162 g/mol. The molecule has 0 spiro atoms. The normalized spacial score (nSPS) is 10.5. The lowest BCUT2D eigenvalue weighted by Crippen LogP contribution is -2.27. The Balaban J connectivity index is 3.05. The average molecular weight is 179 g/mol. The summed E-state index contributed by atoms with van der Waals surface area (Å²) in [6.45, 7) is 6.20. The Morgan fingerprint density at radius 3 is 2.54 bits per heavy atom. The highest BCUT2D eigenvalue weighted by Gasteiger charge is 2.09. The molecule has 0 saturated heterocycles. The summed E-state index contributed by atoms with van der Waals surface area (Å²) < 4.78 is 0. The lowest BCUT2D eigenvalue weighted by atomic mass is 10.3. The minimum absolute atomic E-state index is 0.414. The van der Waals surface area contributed by atoms with Crippen LogP contribution in [0.1, 0.15) is 19.5 Å². The topological polar surface area (TPSA) is 42.1 Å². The third-order valence-corrected chi connectivity index (χ3v) is 2.15. The molecule has 0 aliphatic heterocycles. The van der Waals surface area contributed by atoms with Crippen LogP contribution in [-0.4, -0.2) is 18.1 Å². The van der Waals surface area contributed by atoms with E-state index in [0.717, 1.165) is 17.2 Å². The maximum absolute atomic E-state index is 5.82. The number of rotatable bonds is 2. The largest absolute Gasteiger partial charge is 0.396 e. The van der Waals surface area contributed by atoms with E-state index in [2.05, 4.69) is 23.7 Å². The van der Waals surface area contributed by atoms with Crippen LogP contribution in [0, 0.1) is 6.92 Å². The first-order valence-electron chi connectivity index (χ1n) is 4.48. The van der Waals surface area contributed by atoms with Crippen LogP contribution >= 0.6 is 0 Å². The molecular formula is C10H17N3. The van der Waals surface area contributed by atoms with Gasteiger partial charge in [0.2, 0.25) is 0 Å². The smallest absolute Gasteiger partial charge is 0.152 e. The van der Waals surface area contributed by atoms with Gasteiger partial charge in [-0.2, -0.15) is 0 Å². The van der Waals surface area contributed by atoms with Crippen LogP contribution in [-0.2, 0) is 0 Å². The number of hydrogen-bond acceptors (Lipinski definition) is 3. The van der Waals surface area contributed by atoms with Crippen LogP contribution in [0.2, 0.25) is 0 Å². The Labute approximate surface area is 79.6 Å². The van der Waals surface area contributed by atoms with Crippen LogP contribution in [0.15, 0.2) is 12.1 Å². The fourth-order valence-corrected chi connectivity index (χ4v) is 1.08. The van der Waals surface area contributed by atoms with E-state index in [1.165, 1.54) is 0 Å². The van der Waals surface area contributed by atoms with Gasteiger partial charge in [-0.15, -0.1) is 0 Å². The van der Waals surface area contributed by atoms with E-state index < -0.39 is 0 Å². The maximum Gasteiger partial charge on any atom is 0.152 e. The highest BCUT2D eigenvalue weighted by molar-refractivity contribution is 5.62. The van der Waals surface area contributed by atoms with Crippen LogP contribution in [0.3, 0.4) is 0 Å². The first-order valence-corrected chi connectivity index (χ1v) is 4.48. The number of aromatic nitrogens is 1. The maximum atomic E-state index is 5.82. The summed E-state index contributed by atoms with van der Waals surface area (Å²) in [5.41, 5.74) is 7.56. The van der Waals surface area contributed by atoms with E-state index >= 15 is 0 Å². The second-order valence-electron chi connectivity index (χ2n) is 3.57. The van der Waals surface area contributed by atoms with Crippen molar-refractivity contribution in [1.82, 2.24) is 4.98 Å². The van der Waals surface area contributed by atoms with Gasteiger partial charge >= 0.3 is 0 Å². The molecule has 0 atom stereocenters. The molecule has 0 saturated carbocycles. The van der Waals surface area contributed by atoms with Crippen molar-refractivity contribution in [1.29, 1.82) is 0 Å². The predicted molar refractivity (Wildman–Crippen MR) is 56.9 cm³/mol. The number of nitrogen functional groups attached to an aromatic ring is 1. The van der Waals surface area contributed by atoms with Gasteiger partial charge in [-0.3, -0.25) is 0 Å². The summed E-state index contributed by atoms with van der Waals surface area (Å²) in [5.74, 6) is 0.870. The summed E-state index contributed by atoms with van der Waals surface area (Å²) >= 11 is 0. The van der Waals surface area contributed by atoms with Gasteiger partial charge in [0.1, 0.15) is 0 Å². The van der Waals surface area contributed by atoms with Crippen molar-refractivity contribution in [2.24, 2.45) is 0 Å². The van der Waals surface area contributed by atoms with Crippen LogP contribution < -0.4 is 10.6 Å². The molecule has 2 N–H and O–H groups in total. The summed E-state index contributed by atoms with van der Waals surface area (Å²) in [5, 5.41) is 0. The number of hydrogen-bond donors (Lipinski definition) is 1. The number of anilines is 2. The Morgan fingerprint density at radius 1 is 1.38 bits per heavy atom. The van der Waals surface area contributed by atoms with Gasteiger partial charge in [0, 0.05) is 18.8 Å². The second kappa shape index (κ2) is 3.64. The van der Waals surface area contributed by atoms with Crippen molar-refractivity contribution in [2.75, 3.05) is 17.7 Å². The first kappa shape index (κ1) is 9.84. The quantitative estimate of drug-likeness (QED) is 0.753. The Morgan fingerprint density at radius 2 is 2.00 bits per heavy atom. The zero-order chi connectivity index (χ0) is 10.0. The minimum atomic E-state index is 0.414. The van der Waals surface area contributed by atoms with E-state index in [-0.39, 0.29) is 0 Å². The molecule has 1 aromatic heterocycles. The number of pyridine rings is 1. The van der Waals surface area contributed by atoms with E-state index in [1.807, 2.05) is 26.1 Å². The van der Waals surface area contributed by atoms with Gasteiger partial charge in [-0.05, 0) is 32.9 Å². The number of aryl methyl sites for hydroxylation is 1. The SMILES string of the molecule is Cc1ccc(N)c(N(C)C(C)C)n1. The average Bonchev–Trinajstić information content (AvgIpc) is 2.08. The third-order valence-electron chi connectivity index (χ3n) is 2.15. The van der Waals surface area contributed by atoms with Crippen LogP contribution in [0.5, 0.6) is 0 Å². The van der Waals surface area contributed by atoms with Gasteiger partial charge in [0.25, 0.3) is 0 Å². The van der Waals surface area contributed by atoms with Crippen LogP contribution in [0.4, 0.5) is 11.5 Å². The van der Waals surface area contributed by atoms with Gasteiger partial charge in [0.05, 0.1) is 5.69 Å². The van der Waals surface area contributed by atoms with Gasteiger partial charge in [-0.1, -0.05) is 0 Å². The summed E-state index contributed by atoms with van der Waals surface area (Å²) in [6, 6.07) is 4.24. The molecule has 1 heterocycles. The van der Waals surface area contributed by atoms with Crippen molar-refractivity contribution in [3.05, 3.63) is 17.8 Å². The zero-order valence-corrected chi connectivity index (χ0v) is 8.70. The van der Waals surface area contributed by atoms with Crippen molar-refractivity contribution in [2.45, 2.75) is 26.8 Å². The molecule has 1 rings (SSSR count). The zero-order valence-electron chi connectivity index (χ0n) is 8.70. The molecule has 0 aliphatic carbocycles. The van der Waals surface area contributed by atoms with E-state index in [9.17, 15) is 0 Å². The molecule has 0 amide bonds. The highest BCUT2D eigenvalue weighted by Crippen LogP contribution is 2.20. The van der Waals surface area contributed by atoms with Crippen molar-refractivity contribution in [3.63, 3.8) is 0 Å². The molecule has 0 aliphatic rings. The Kier molecular flexibility index (Phi) is 2.76. The predicted octanol–water partition coefficient (Wildman–Crippen LogP) is 1.82. The molecule has 0 unspecified atom stereocenters. The Hall–Kier alpha value is -1.25. The highest BCUT2D eigenvalue weighted by atomic mass is 15.2. The lowest BCUT2D eigenvalue weighted by Gasteiger charge is -2.24. The van der Waals surface area contributed by atoms with Gasteiger partial charge in [0.15, 0.2) is 5.82 Å². The molecule has 0 bridgehead atoms. The molecule has 3 heteroatoms. The van der Waals surface area contributed by atoms with E-state index in [1.54, 1.807) is 0 Å². The summed E-state index contributed by atoms with van der Waals surface area (Å²) in [6.07, 6.45) is 0. The fourth-order valence-electron chi connectivity index (χ4n) is 1.08. The molecule has 3 nitrogen and oxygen atoms in total. The summed E-state index contributed by atoms with van der Waals surface area (Å²) in [4.78, 5) is 6.47. The standard InChI is InChI=1S/C10H17N3/c1-7(2)13(4)10-9(11)6-5-8(3)12-10/h5-7H,11H2,1-4H3. The van der Waals surface area contributed by atoms with Crippen LogP contribution in [0.25, 0.3) is 0 Å². The molecule has 0 radical (unpaired) electrons. The van der Waals surface area contributed by atoms with Gasteiger partial charge in [-0.25, -0.2) is 4.98 Å². The third kappa shape index (κ3) is 2.11. The lowest BCUT2D eigenvalue weighted by molar-refractivity contribution is 0.743. The van der Waals surface area contributed by atoms with E-state index in [4.69, 9.17) is 5.73 Å². The molecule has 0 fully saturated rings. The number of nitrogens with zero attached hydrogens (tertiary/aromatic N) is 2. The van der Waals surface area contributed by atoms with Crippen molar-refractivity contribution in [3.8, 4) is 0 Å². The minimum Gasteiger partial charge on any atom is -0.396 e. The molecule has 13 heavy (non-hydrogen) atoms. The first-order chi connectivity index (χ1) is 6.02. The van der Waals surface area contributed by atoms with Gasteiger partial charge < -0.3 is 10.6 Å².